The molecule has 124 valence electrons. The fraction of sp³-hybridized carbons (Fsp3) is 0.182. The third-order valence-corrected chi connectivity index (χ3v) is 4.13. The van der Waals surface area contributed by atoms with Gasteiger partial charge in [-0.3, -0.25) is 0 Å². The second-order valence-corrected chi connectivity index (χ2v) is 6.15. The van der Waals surface area contributed by atoms with Gasteiger partial charge in [0.15, 0.2) is 0 Å². The highest BCUT2D eigenvalue weighted by atomic mass is 35.5. The molecule has 2 heteroatoms. The molecule has 3 aromatic carbocycles. The van der Waals surface area contributed by atoms with Gasteiger partial charge in [0.2, 0.25) is 0 Å². The highest BCUT2D eigenvalue weighted by molar-refractivity contribution is 5.86. The molecule has 0 aromatic heterocycles. The molecule has 0 fully saturated rings. The van der Waals surface area contributed by atoms with Crippen molar-refractivity contribution in [2.45, 2.75) is 19.4 Å². The van der Waals surface area contributed by atoms with Gasteiger partial charge in [0.05, 0.1) is 0 Å². The molecule has 0 bridgehead atoms. The molecule has 3 aromatic rings. The van der Waals surface area contributed by atoms with Crippen LogP contribution in [0, 0.1) is 0 Å². The van der Waals surface area contributed by atoms with E-state index < -0.39 is 0 Å². The lowest BCUT2D eigenvalue weighted by atomic mass is 9.94. The number of hydrogen-bond acceptors (Lipinski definition) is 1. The molecule has 1 N–H and O–H groups in total. The van der Waals surface area contributed by atoms with E-state index in [2.05, 4.69) is 91.6 Å². The van der Waals surface area contributed by atoms with Gasteiger partial charge >= 0.3 is 0 Å². The Morgan fingerprint density at radius 2 is 1.58 bits per heavy atom. The second-order valence-electron chi connectivity index (χ2n) is 6.15. The zero-order valence-corrected chi connectivity index (χ0v) is 14.9. The highest BCUT2D eigenvalue weighted by Crippen LogP contribution is 2.27. The first kappa shape index (κ1) is 18.3. The molecule has 0 aliphatic carbocycles. The van der Waals surface area contributed by atoms with Gasteiger partial charge in [-0.25, -0.2) is 0 Å². The van der Waals surface area contributed by atoms with E-state index in [-0.39, 0.29) is 18.4 Å². The molecule has 0 aliphatic heterocycles. The third kappa shape index (κ3) is 4.47. The monoisotopic (exact) mass is 337 g/mol. The van der Waals surface area contributed by atoms with Gasteiger partial charge in [0, 0.05) is 12.6 Å². The largest absolute Gasteiger partial charge is 0.306 e. The number of hydrogen-bond donors (Lipinski definition) is 1. The van der Waals surface area contributed by atoms with E-state index in [0.717, 1.165) is 18.5 Å². The lowest BCUT2D eigenvalue weighted by Gasteiger charge is -2.21. The molecule has 0 saturated carbocycles. The first-order chi connectivity index (χ1) is 11.2. The number of fused-ring (bicyclic) bond motifs is 1. The zero-order valence-electron chi connectivity index (χ0n) is 14.0. The molecule has 1 nitrogen and oxygen atoms in total. The van der Waals surface area contributed by atoms with E-state index in [9.17, 15) is 0 Å². The SMILES string of the molecule is C=C(C)CNC(Cc1ccccc1)c1cccc2ccccc12.Cl. The molecular weight excluding hydrogens is 314 g/mol. The number of nitrogens with one attached hydrogen (secondary N) is 1. The van der Waals surface area contributed by atoms with E-state index in [1.807, 2.05) is 0 Å². The van der Waals surface area contributed by atoms with E-state index >= 15 is 0 Å². The van der Waals surface area contributed by atoms with Crippen molar-refractivity contribution in [2.75, 3.05) is 6.54 Å². The predicted molar refractivity (Wildman–Crippen MR) is 107 cm³/mol. The second kappa shape index (κ2) is 8.68. The predicted octanol–water partition coefficient (Wildman–Crippen LogP) is 5.71. The van der Waals surface area contributed by atoms with Crippen molar-refractivity contribution < 1.29 is 0 Å². The lowest BCUT2D eigenvalue weighted by Crippen LogP contribution is -2.25. The summed E-state index contributed by atoms with van der Waals surface area (Å²) < 4.78 is 0. The van der Waals surface area contributed by atoms with Crippen LogP contribution in [0.2, 0.25) is 0 Å². The van der Waals surface area contributed by atoms with Gasteiger partial charge in [-0.05, 0) is 35.2 Å². The molecule has 0 aliphatic rings. The maximum Gasteiger partial charge on any atom is 0.0369 e. The summed E-state index contributed by atoms with van der Waals surface area (Å²) in [5.41, 5.74) is 3.86. The Labute approximate surface area is 150 Å². The van der Waals surface area contributed by atoms with Crippen molar-refractivity contribution in [2.24, 2.45) is 0 Å². The van der Waals surface area contributed by atoms with Gasteiger partial charge in [0.1, 0.15) is 0 Å². The Balaban J connectivity index is 0.00000208. The van der Waals surface area contributed by atoms with Crippen LogP contribution in [0.3, 0.4) is 0 Å². The Bertz CT molecular complexity index is 790. The van der Waals surface area contributed by atoms with Crippen LogP contribution in [-0.4, -0.2) is 6.54 Å². The smallest absolute Gasteiger partial charge is 0.0369 e. The molecule has 0 amide bonds. The zero-order chi connectivity index (χ0) is 16.1. The van der Waals surface area contributed by atoms with E-state index in [1.165, 1.54) is 21.9 Å². The molecule has 3 rings (SSSR count). The Hall–Kier alpha value is -2.09. The minimum atomic E-state index is 0. The normalized spacial score (nSPS) is 11.7. The van der Waals surface area contributed by atoms with Crippen molar-refractivity contribution in [1.29, 1.82) is 0 Å². The topological polar surface area (TPSA) is 12.0 Å². The molecule has 0 saturated heterocycles. The summed E-state index contributed by atoms with van der Waals surface area (Å²) in [6.07, 6.45) is 0.974. The molecule has 0 spiro atoms. The maximum atomic E-state index is 4.03. The summed E-state index contributed by atoms with van der Waals surface area (Å²) in [5.74, 6) is 0. The Morgan fingerprint density at radius 3 is 2.33 bits per heavy atom. The summed E-state index contributed by atoms with van der Waals surface area (Å²) in [4.78, 5) is 0. The van der Waals surface area contributed by atoms with Crippen LogP contribution in [0.25, 0.3) is 10.8 Å². The van der Waals surface area contributed by atoms with Gasteiger partial charge < -0.3 is 5.32 Å². The molecule has 1 unspecified atom stereocenters. The highest BCUT2D eigenvalue weighted by Gasteiger charge is 2.14. The molecular formula is C22H24ClN. The number of halogens is 1. The van der Waals surface area contributed by atoms with Crippen molar-refractivity contribution >= 4 is 23.2 Å². The van der Waals surface area contributed by atoms with Crippen molar-refractivity contribution in [1.82, 2.24) is 5.32 Å². The fourth-order valence-electron chi connectivity index (χ4n) is 2.99. The minimum absolute atomic E-state index is 0. The van der Waals surface area contributed by atoms with Crippen molar-refractivity contribution in [3.05, 3.63) is 96.1 Å². The minimum Gasteiger partial charge on any atom is -0.306 e. The van der Waals surface area contributed by atoms with Gasteiger partial charge in [-0.2, -0.15) is 0 Å². The van der Waals surface area contributed by atoms with Crippen LogP contribution in [0.1, 0.15) is 24.1 Å². The van der Waals surface area contributed by atoms with E-state index in [1.54, 1.807) is 0 Å². The first-order valence-corrected chi connectivity index (χ1v) is 8.13. The van der Waals surface area contributed by atoms with Gasteiger partial charge in [-0.15, -0.1) is 12.4 Å². The first-order valence-electron chi connectivity index (χ1n) is 8.13. The molecule has 0 radical (unpaired) electrons. The average molecular weight is 338 g/mol. The number of rotatable bonds is 6. The van der Waals surface area contributed by atoms with E-state index in [4.69, 9.17) is 0 Å². The van der Waals surface area contributed by atoms with Crippen molar-refractivity contribution in [3.8, 4) is 0 Å². The van der Waals surface area contributed by atoms with Crippen LogP contribution in [0.4, 0.5) is 0 Å². The summed E-state index contributed by atoms with van der Waals surface area (Å²) in [5, 5.41) is 6.29. The van der Waals surface area contributed by atoms with Crippen LogP contribution in [0.15, 0.2) is 84.9 Å². The Morgan fingerprint density at radius 1 is 0.917 bits per heavy atom. The summed E-state index contributed by atoms with van der Waals surface area (Å²) in [6.45, 7) is 6.93. The lowest BCUT2D eigenvalue weighted by molar-refractivity contribution is 0.561. The van der Waals surface area contributed by atoms with Gasteiger partial charge in [-0.1, -0.05) is 84.9 Å². The molecule has 0 heterocycles. The third-order valence-electron chi connectivity index (χ3n) is 4.13. The fourth-order valence-corrected chi connectivity index (χ4v) is 2.99. The van der Waals surface area contributed by atoms with Gasteiger partial charge in [0.25, 0.3) is 0 Å². The molecule has 1 atom stereocenters. The summed E-state index contributed by atoms with van der Waals surface area (Å²) in [7, 11) is 0. The quantitative estimate of drug-likeness (QED) is 0.568. The maximum absolute atomic E-state index is 4.03. The summed E-state index contributed by atoms with van der Waals surface area (Å²) >= 11 is 0. The van der Waals surface area contributed by atoms with Crippen LogP contribution < -0.4 is 5.32 Å². The van der Waals surface area contributed by atoms with Crippen LogP contribution in [-0.2, 0) is 6.42 Å². The summed E-state index contributed by atoms with van der Waals surface area (Å²) in [6, 6.07) is 26.1. The standard InChI is InChI=1S/C22H23N.ClH/c1-17(2)16-23-22(15-18-9-4-3-5-10-18)21-14-8-12-19-11-6-7-13-20(19)21;/h3-14,22-23H,1,15-16H2,2H3;1H. The molecule has 24 heavy (non-hydrogen) atoms. The number of benzene rings is 3. The average Bonchev–Trinajstić information content (AvgIpc) is 2.59. The Kier molecular flexibility index (Phi) is 6.60. The van der Waals surface area contributed by atoms with E-state index in [0.29, 0.717) is 0 Å². The van der Waals surface area contributed by atoms with Crippen LogP contribution >= 0.6 is 12.4 Å². The van der Waals surface area contributed by atoms with Crippen molar-refractivity contribution in [3.63, 3.8) is 0 Å². The van der Waals surface area contributed by atoms with Crippen LogP contribution in [0.5, 0.6) is 0 Å².